The lowest BCUT2D eigenvalue weighted by molar-refractivity contribution is 0.0275. The van der Waals surface area contributed by atoms with E-state index in [1.807, 2.05) is 67.7 Å². The van der Waals surface area contributed by atoms with Gasteiger partial charge in [0.05, 0.1) is 21.8 Å². The Bertz CT molecular complexity index is 6600. The van der Waals surface area contributed by atoms with Crippen LogP contribution in [0.2, 0.25) is 36.3 Å². The fourth-order valence-electron chi connectivity index (χ4n) is 10.3. The maximum Gasteiger partial charge on any atom is 0.410 e. The van der Waals surface area contributed by atoms with Gasteiger partial charge in [0.25, 0.3) is 26.8 Å². The van der Waals surface area contributed by atoms with Gasteiger partial charge in [-0.2, -0.15) is 0 Å². The molecule has 8 aromatic rings. The number of amides is 6. The molecule has 0 saturated heterocycles. The number of nitrogens with two attached hydrogens (primary N) is 6. The van der Waals surface area contributed by atoms with Crippen LogP contribution in [-0.2, 0) is 99.4 Å². The molecule has 37 nitrogen and oxygen atoms in total. The topological polar surface area (TPSA) is 594 Å². The van der Waals surface area contributed by atoms with Crippen molar-refractivity contribution in [3.63, 3.8) is 0 Å². The Balaban J connectivity index is 0.000000840. The number of carboxylic acids is 1. The van der Waals surface area contributed by atoms with Crippen molar-refractivity contribution in [3.8, 4) is 0 Å². The van der Waals surface area contributed by atoms with E-state index in [4.69, 9.17) is 62.0 Å². The number of nitrogen functional groups attached to an aromatic ring is 2. The lowest BCUT2D eigenvalue weighted by Gasteiger charge is -2.36. The Morgan fingerprint density at radius 1 is 0.375 bits per heavy atom. The summed E-state index contributed by atoms with van der Waals surface area (Å²) in [7, 11) is -12.8. The lowest BCUT2D eigenvalue weighted by Crippen LogP contribution is -2.54. The minimum atomic E-state index is -4.12. The number of hydrogen-bond acceptors (Lipinski definition) is 25. The van der Waals surface area contributed by atoms with Gasteiger partial charge in [0.1, 0.15) is 106 Å². The van der Waals surface area contributed by atoms with Gasteiger partial charge in [-0.15, -0.1) is 0 Å². The van der Waals surface area contributed by atoms with Crippen LogP contribution in [0.3, 0.4) is 0 Å². The second kappa shape index (κ2) is 53.2. The average molecular weight is 2210 g/mol. The molecule has 144 heavy (non-hydrogen) atoms. The van der Waals surface area contributed by atoms with Gasteiger partial charge in [-0.05, 0) is 236 Å². The normalized spacial score (nSPS) is 12.2. The van der Waals surface area contributed by atoms with E-state index in [-0.39, 0.29) is 79.0 Å². The molecule has 0 bridgehead atoms. The molecule has 8 rings (SSSR count). The highest BCUT2D eigenvalue weighted by Crippen LogP contribution is 2.39. The maximum absolute atomic E-state index is 14.7. The Hall–Kier alpha value is -11.3. The van der Waals surface area contributed by atoms with Gasteiger partial charge >= 0.3 is 24.2 Å². The number of ether oxygens (including phenoxy) is 3. The molecule has 1 unspecified atom stereocenters. The highest BCUT2D eigenvalue weighted by Gasteiger charge is 2.41. The standard InChI is InChI=1S/C19H34FN3O3SSi.C19H33FN2O4SSi.C13H19FN2O4S.C8H7ClFNO3S.C8H9FN2O3S.C8H11FN2O2S.C8H9FN2O.C7H6FNO2/c1-18(2,3)26-17(24)23(7)13-14-10-11-16(15(20)12-14)27(21,25)22-28(8,9)19(4,5)6;1-18(2,3)26-17(23)22(7)13-14-10-11-16(15(20)12-14)27(24,25)21-28(8,9)19(4,5)6;1-13(2,3)20-12(17)16(4)8-9-5-6-11(10(14)7-9)21(15,18)19;1-11-8(12)5-2-3-7(6(10)4-5)15(9,13)14;1-11-8(12)5-2-3-7(6(9)4-5)15(10,13)14;1-11-5-6-2-3-8(7(9)4-6)14(10,12)13;1-11-8(12)5-2-3-7(10)6(9)4-5;8-5-3-4(7(10)11)1-2-6(5)9/h10-12H,13H2,1-9H3,(H2,21,22,25);10-12,21H,13H2,1-9H3;5-7H,8H2,1-4H3,(H2,15,18,19);2-4H,1H3,(H,11,12);2-4H,1H3,(H,11,12)(H2,10,13,14);2-4,11H,5H2,1H3,(H2,10,12,13);2-4H,10H2,1H3,(H,11,12);1-3H,9H2,(H,10,11). The van der Waals surface area contributed by atoms with Crippen molar-refractivity contribution in [1.82, 2.24) is 40.4 Å². The van der Waals surface area contributed by atoms with Gasteiger partial charge in [0.15, 0.2) is 8.24 Å². The summed E-state index contributed by atoms with van der Waals surface area (Å²) in [6.45, 7) is 36.3. The summed E-state index contributed by atoms with van der Waals surface area (Å²) in [5.74, 6) is -9.18. The summed E-state index contributed by atoms with van der Waals surface area (Å²) in [4.78, 5) is 80.3. The van der Waals surface area contributed by atoms with Gasteiger partial charge in [0, 0.05) is 95.8 Å². The highest BCUT2D eigenvalue weighted by molar-refractivity contribution is 8.13. The van der Waals surface area contributed by atoms with Crippen LogP contribution in [0.25, 0.3) is 0 Å². The van der Waals surface area contributed by atoms with Gasteiger partial charge < -0.3 is 66.8 Å². The summed E-state index contributed by atoms with van der Waals surface area (Å²) >= 11 is 0. The van der Waals surface area contributed by atoms with E-state index in [9.17, 15) is 115 Å². The van der Waals surface area contributed by atoms with Gasteiger partial charge in [-0.1, -0.05) is 78.9 Å². The molecule has 0 radical (unpaired) electrons. The number of anilines is 2. The summed E-state index contributed by atoms with van der Waals surface area (Å²) in [6.07, 6.45) is -1.60. The van der Waals surface area contributed by atoms with Crippen molar-refractivity contribution < 1.29 is 134 Å². The van der Waals surface area contributed by atoms with Crippen LogP contribution in [0.1, 0.15) is 168 Å². The SMILES string of the molecule is CN(Cc1ccc(S(=O)(=O)N[Si](C)(C)C(C)(C)C)c(F)c1)C(=O)OC(C)(C)C.CN(Cc1ccc(S(N)(=O)=N[Si](C)(C)C(C)(C)C)c(F)c1)C(=O)OC(C)(C)C.CN(Cc1ccc(S(N)(=O)=O)c(F)c1)C(=O)OC(C)(C)C.CNC(=O)c1ccc(N)c(F)c1.CNC(=O)c1ccc(S(=O)(=O)Cl)c(F)c1.CNC(=O)c1ccc(S(N)(=O)=O)c(F)c1.CNCc1ccc(S(N)(=O)=O)c(F)c1.Nc1ccc(C(=O)O)cc1F. The first kappa shape index (κ1) is 131. The smallest absolute Gasteiger partial charge is 0.410 e. The van der Waals surface area contributed by atoms with Gasteiger partial charge in [-0.3, -0.25) is 18.4 Å². The fraction of sp³-hybridized carbons (Fsp3) is 0.389. The molecule has 0 saturated carbocycles. The van der Waals surface area contributed by atoms with E-state index in [1.165, 1.54) is 123 Å². The second-order valence-electron chi connectivity index (χ2n) is 37.4. The molecule has 0 heterocycles. The first-order valence-electron chi connectivity index (χ1n) is 42.4. The summed E-state index contributed by atoms with van der Waals surface area (Å²) in [5.41, 5.74) is 10.8. The first-order chi connectivity index (χ1) is 65.0. The molecule has 0 aromatic heterocycles. The van der Waals surface area contributed by atoms with E-state index in [0.29, 0.717) is 28.8 Å². The quantitative estimate of drug-likeness (QED) is 0.0104. The lowest BCUT2D eigenvalue weighted by atomic mass is 10.2. The maximum atomic E-state index is 14.7. The summed E-state index contributed by atoms with van der Waals surface area (Å²) in [5, 5.41) is 38.1. The largest absolute Gasteiger partial charge is 0.478 e. The number of sulfonamides is 4. The van der Waals surface area contributed by atoms with Crippen molar-refractivity contribution >= 4 is 140 Å². The number of aromatic carboxylic acids is 1. The number of nitrogens with one attached hydrogen (secondary N) is 5. The zero-order valence-electron chi connectivity index (χ0n) is 84.3. The van der Waals surface area contributed by atoms with Crippen molar-refractivity contribution in [1.29, 1.82) is 0 Å². The molecule has 0 spiro atoms. The third-order valence-electron chi connectivity index (χ3n) is 19.6. The molecule has 0 aliphatic heterocycles. The number of hydrogen-bond donors (Lipinski definition) is 12. The minimum Gasteiger partial charge on any atom is -0.478 e. The van der Waals surface area contributed by atoms with Crippen molar-refractivity contribution in [3.05, 3.63) is 237 Å². The zero-order valence-corrected chi connectivity index (χ0v) is 92.0. The molecular formula is C90H128ClF8N15O22S6Si2. The fourth-order valence-corrected chi connectivity index (χ4v) is 22.7. The number of carboxylic acid groups (broad SMARTS) is 1. The Morgan fingerprint density at radius 3 is 0.889 bits per heavy atom. The predicted octanol–water partition coefficient (Wildman–Crippen LogP) is 14.2. The number of carbonyl (C=O) groups is 7. The first-order valence-corrected chi connectivity index (χ1v) is 58.3. The van der Waals surface area contributed by atoms with Crippen LogP contribution in [0, 0.1) is 46.5 Å². The zero-order chi connectivity index (χ0) is 112. The molecule has 18 N–H and O–H groups in total. The molecule has 0 aliphatic carbocycles. The van der Waals surface area contributed by atoms with Crippen molar-refractivity contribution in [2.45, 2.75) is 212 Å². The summed E-state index contributed by atoms with van der Waals surface area (Å²) < 4.78 is 256. The summed E-state index contributed by atoms with van der Waals surface area (Å²) in [6, 6.07) is 28.6. The molecule has 0 aliphatic rings. The Labute approximate surface area is 843 Å². The molecule has 802 valence electrons. The Kier molecular flexibility index (Phi) is 48.2. The van der Waals surface area contributed by atoms with Crippen LogP contribution in [0.4, 0.5) is 60.9 Å². The molecule has 0 fully saturated rings. The van der Waals surface area contributed by atoms with Crippen LogP contribution >= 0.6 is 10.7 Å². The number of rotatable bonds is 21. The van der Waals surface area contributed by atoms with Crippen LogP contribution in [-0.4, -0.2) is 191 Å². The minimum absolute atomic E-state index is 0.0269. The number of benzene rings is 8. The van der Waals surface area contributed by atoms with E-state index >= 15 is 0 Å². The van der Waals surface area contributed by atoms with Gasteiger partial charge in [-0.25, -0.2) is 126 Å². The molecule has 6 amide bonds. The third kappa shape index (κ3) is 44.3. The predicted molar refractivity (Wildman–Crippen MR) is 538 cm³/mol. The third-order valence-corrected chi connectivity index (χ3v) is 39.1. The number of nitrogens with zero attached hydrogens (tertiary/aromatic N) is 4. The van der Waals surface area contributed by atoms with Crippen LogP contribution < -0.4 is 57.7 Å². The molecule has 1 atom stereocenters. The van der Waals surface area contributed by atoms with E-state index in [0.717, 1.165) is 66.7 Å². The number of carbonyl (C=O) groups excluding carboxylic acids is 6. The Morgan fingerprint density at radius 2 is 0.632 bits per heavy atom. The average Bonchev–Trinajstić information content (AvgIpc) is 0.779. The van der Waals surface area contributed by atoms with Crippen LogP contribution in [0.5, 0.6) is 0 Å². The van der Waals surface area contributed by atoms with Crippen LogP contribution in [0.15, 0.2) is 179 Å². The second-order valence-corrected chi connectivity index (χ2v) is 58.5. The van der Waals surface area contributed by atoms with Gasteiger partial charge in [0.2, 0.25) is 40.1 Å². The highest BCUT2D eigenvalue weighted by atomic mass is 35.7. The number of halogens is 9. The molecule has 8 aromatic carbocycles. The van der Waals surface area contributed by atoms with Crippen molar-refractivity contribution in [2.75, 3.05) is 60.8 Å². The van der Waals surface area contributed by atoms with E-state index in [2.05, 4.69) is 29.7 Å². The van der Waals surface area contributed by atoms with E-state index in [1.54, 1.807) is 82.5 Å². The monoisotopic (exact) mass is 2210 g/mol. The molecular weight excluding hydrogens is 2080 g/mol. The number of primary sulfonamides is 3. The van der Waals surface area contributed by atoms with E-state index < -0.39 is 195 Å². The molecule has 54 heteroatoms. The van der Waals surface area contributed by atoms with Crippen molar-refractivity contribution in [2.24, 2.45) is 24.6 Å².